The second kappa shape index (κ2) is 9.14. The molecule has 1 N–H and O–H groups in total. The molecule has 1 heterocycles. The van der Waals surface area contributed by atoms with E-state index in [0.29, 0.717) is 24.6 Å². The third-order valence-corrected chi connectivity index (χ3v) is 4.39. The van der Waals surface area contributed by atoms with Crippen molar-refractivity contribution in [2.45, 2.75) is 13.3 Å². The third kappa shape index (κ3) is 5.05. The minimum absolute atomic E-state index is 0.114. The first-order valence-corrected chi connectivity index (χ1v) is 9.22. The summed E-state index contributed by atoms with van der Waals surface area (Å²) in [6, 6.07) is 17.3. The Bertz CT molecular complexity index is 867. The number of nitrogens with one attached hydrogen (secondary N) is 1. The van der Waals surface area contributed by atoms with Crippen LogP contribution in [0.2, 0.25) is 5.02 Å². The molecule has 6 heteroatoms. The summed E-state index contributed by atoms with van der Waals surface area (Å²) in [6.07, 6.45) is 3.95. The maximum atomic E-state index is 12.7. The zero-order chi connectivity index (χ0) is 19.1. The number of carbonyl (C=O) groups is 1. The first-order chi connectivity index (χ1) is 13.2. The van der Waals surface area contributed by atoms with Crippen molar-refractivity contribution in [2.24, 2.45) is 0 Å². The fourth-order valence-electron chi connectivity index (χ4n) is 2.71. The summed E-state index contributed by atoms with van der Waals surface area (Å²) in [5.74, 6) is 0.389. The van der Waals surface area contributed by atoms with Crippen LogP contribution >= 0.6 is 11.6 Å². The summed E-state index contributed by atoms with van der Waals surface area (Å²) in [7, 11) is 0. The lowest BCUT2D eigenvalue weighted by molar-refractivity contribution is 0.0987. The van der Waals surface area contributed by atoms with E-state index < -0.39 is 0 Å². The molecule has 3 rings (SSSR count). The van der Waals surface area contributed by atoms with Gasteiger partial charge in [0.25, 0.3) is 5.91 Å². The van der Waals surface area contributed by atoms with Gasteiger partial charge in [0.2, 0.25) is 5.95 Å². The van der Waals surface area contributed by atoms with E-state index in [0.717, 1.165) is 17.1 Å². The molecule has 0 aliphatic carbocycles. The molecule has 1 amide bonds. The van der Waals surface area contributed by atoms with E-state index in [1.807, 2.05) is 61.5 Å². The summed E-state index contributed by atoms with van der Waals surface area (Å²) >= 11 is 5.89. The van der Waals surface area contributed by atoms with Gasteiger partial charge in [-0.25, -0.2) is 9.97 Å². The molecule has 27 heavy (non-hydrogen) atoms. The van der Waals surface area contributed by atoms with Crippen molar-refractivity contribution in [3.05, 3.63) is 83.1 Å². The van der Waals surface area contributed by atoms with Crippen LogP contribution in [-0.4, -0.2) is 29.0 Å². The van der Waals surface area contributed by atoms with Gasteiger partial charge in [0, 0.05) is 36.2 Å². The van der Waals surface area contributed by atoms with Crippen molar-refractivity contribution in [3.8, 4) is 0 Å². The molecule has 0 saturated heterocycles. The lowest BCUT2D eigenvalue weighted by atomic mass is 10.1. The number of aromatic nitrogens is 2. The molecule has 0 aliphatic heterocycles. The second-order valence-electron chi connectivity index (χ2n) is 5.98. The highest BCUT2D eigenvalue weighted by molar-refractivity contribution is 6.30. The summed E-state index contributed by atoms with van der Waals surface area (Å²) < 4.78 is 0. The Morgan fingerprint density at radius 2 is 1.70 bits per heavy atom. The molecule has 0 radical (unpaired) electrons. The van der Waals surface area contributed by atoms with Crippen molar-refractivity contribution in [3.63, 3.8) is 0 Å². The first kappa shape index (κ1) is 18.9. The molecule has 0 atom stereocenters. The zero-order valence-corrected chi connectivity index (χ0v) is 15.9. The SMILES string of the molecule is CCN(C(=O)c1cnc(NCCc2ccc(Cl)cc2)nc1)c1ccccc1. The Balaban J connectivity index is 1.59. The van der Waals surface area contributed by atoms with E-state index in [1.54, 1.807) is 17.3 Å². The van der Waals surface area contributed by atoms with Gasteiger partial charge in [0.05, 0.1) is 5.56 Å². The summed E-state index contributed by atoms with van der Waals surface area (Å²) in [6.45, 7) is 3.21. The lowest BCUT2D eigenvalue weighted by Crippen LogP contribution is -2.30. The number of carbonyl (C=O) groups excluding carboxylic acids is 1. The number of hydrogen-bond donors (Lipinski definition) is 1. The van der Waals surface area contributed by atoms with Crippen LogP contribution in [0.3, 0.4) is 0 Å². The average molecular weight is 381 g/mol. The Hall–Kier alpha value is -2.92. The molecular formula is C21H21ClN4O. The topological polar surface area (TPSA) is 58.1 Å². The molecule has 0 aliphatic rings. The predicted molar refractivity (Wildman–Crippen MR) is 109 cm³/mol. The van der Waals surface area contributed by atoms with Crippen LogP contribution in [0, 0.1) is 0 Å². The number of amides is 1. The van der Waals surface area contributed by atoms with E-state index in [2.05, 4.69) is 15.3 Å². The minimum Gasteiger partial charge on any atom is -0.354 e. The summed E-state index contributed by atoms with van der Waals surface area (Å²) in [4.78, 5) is 23.0. The fraction of sp³-hybridized carbons (Fsp3) is 0.190. The van der Waals surface area contributed by atoms with Gasteiger partial charge >= 0.3 is 0 Å². The van der Waals surface area contributed by atoms with Crippen LogP contribution in [0.25, 0.3) is 0 Å². The molecule has 138 valence electrons. The van der Waals surface area contributed by atoms with Crippen molar-refractivity contribution in [1.82, 2.24) is 9.97 Å². The monoisotopic (exact) mass is 380 g/mol. The quantitative estimate of drug-likeness (QED) is 0.657. The molecule has 0 unspecified atom stereocenters. The smallest absolute Gasteiger partial charge is 0.261 e. The van der Waals surface area contributed by atoms with Crippen molar-refractivity contribution in [1.29, 1.82) is 0 Å². The van der Waals surface area contributed by atoms with Gasteiger partial charge in [0.1, 0.15) is 0 Å². The highest BCUT2D eigenvalue weighted by Gasteiger charge is 2.16. The third-order valence-electron chi connectivity index (χ3n) is 4.14. The molecule has 0 fully saturated rings. The Labute approximate surface area is 164 Å². The number of rotatable bonds is 7. The van der Waals surface area contributed by atoms with Gasteiger partial charge in [-0.3, -0.25) is 4.79 Å². The van der Waals surface area contributed by atoms with Crippen molar-refractivity contribution in [2.75, 3.05) is 23.3 Å². The minimum atomic E-state index is -0.114. The molecule has 1 aromatic heterocycles. The van der Waals surface area contributed by atoms with Crippen LogP contribution in [0.4, 0.5) is 11.6 Å². The first-order valence-electron chi connectivity index (χ1n) is 8.84. The van der Waals surface area contributed by atoms with Crippen LogP contribution < -0.4 is 10.2 Å². The molecule has 0 saturated carbocycles. The molecule has 2 aromatic carbocycles. The zero-order valence-electron chi connectivity index (χ0n) is 15.1. The lowest BCUT2D eigenvalue weighted by Gasteiger charge is -2.20. The van der Waals surface area contributed by atoms with Crippen LogP contribution in [0.5, 0.6) is 0 Å². The van der Waals surface area contributed by atoms with Crippen molar-refractivity contribution < 1.29 is 4.79 Å². The number of halogens is 1. The van der Waals surface area contributed by atoms with Crippen LogP contribution in [0.1, 0.15) is 22.8 Å². The van der Waals surface area contributed by atoms with Crippen molar-refractivity contribution >= 4 is 29.1 Å². The van der Waals surface area contributed by atoms with E-state index in [1.165, 1.54) is 5.56 Å². The number of nitrogens with zero attached hydrogens (tertiary/aromatic N) is 3. The predicted octanol–water partition coefficient (Wildman–Crippen LogP) is 4.45. The molecule has 0 spiro atoms. The van der Waals surface area contributed by atoms with E-state index in [-0.39, 0.29) is 5.91 Å². The van der Waals surface area contributed by atoms with Gasteiger partial charge in [-0.05, 0) is 43.2 Å². The standard InChI is InChI=1S/C21H21ClN4O/c1-2-26(19-6-4-3-5-7-19)20(27)17-14-24-21(25-15-17)23-13-12-16-8-10-18(22)11-9-16/h3-11,14-15H,2,12-13H2,1H3,(H,23,24,25). The molecule has 5 nitrogen and oxygen atoms in total. The number of anilines is 2. The normalized spacial score (nSPS) is 10.4. The van der Waals surface area contributed by atoms with Crippen LogP contribution in [-0.2, 0) is 6.42 Å². The van der Waals surface area contributed by atoms with E-state index >= 15 is 0 Å². The second-order valence-corrected chi connectivity index (χ2v) is 6.42. The van der Waals surface area contributed by atoms with Gasteiger partial charge in [-0.1, -0.05) is 41.9 Å². The van der Waals surface area contributed by atoms with Gasteiger partial charge in [-0.2, -0.15) is 0 Å². The molecule has 3 aromatic rings. The Kier molecular flexibility index (Phi) is 6.39. The Morgan fingerprint density at radius 1 is 1.04 bits per heavy atom. The average Bonchev–Trinajstić information content (AvgIpc) is 2.71. The van der Waals surface area contributed by atoms with E-state index in [4.69, 9.17) is 11.6 Å². The Morgan fingerprint density at radius 3 is 2.33 bits per heavy atom. The highest BCUT2D eigenvalue weighted by Crippen LogP contribution is 2.16. The largest absolute Gasteiger partial charge is 0.354 e. The van der Waals surface area contributed by atoms with Gasteiger partial charge in [-0.15, -0.1) is 0 Å². The molecule has 0 bridgehead atoms. The summed E-state index contributed by atoms with van der Waals surface area (Å²) in [5, 5.41) is 3.90. The highest BCUT2D eigenvalue weighted by atomic mass is 35.5. The maximum absolute atomic E-state index is 12.7. The van der Waals surface area contributed by atoms with Crippen LogP contribution in [0.15, 0.2) is 67.0 Å². The number of para-hydroxylation sites is 1. The number of hydrogen-bond acceptors (Lipinski definition) is 4. The fourth-order valence-corrected chi connectivity index (χ4v) is 2.83. The van der Waals surface area contributed by atoms with Gasteiger partial charge in [0.15, 0.2) is 0 Å². The van der Waals surface area contributed by atoms with E-state index in [9.17, 15) is 4.79 Å². The maximum Gasteiger partial charge on any atom is 0.261 e. The summed E-state index contributed by atoms with van der Waals surface area (Å²) in [5.41, 5.74) is 2.50. The van der Waals surface area contributed by atoms with Gasteiger partial charge < -0.3 is 10.2 Å². The molecular weight excluding hydrogens is 360 g/mol. The number of benzene rings is 2.